The maximum absolute atomic E-state index is 6.16. The summed E-state index contributed by atoms with van der Waals surface area (Å²) in [6, 6.07) is 3.33. The molecule has 1 aliphatic rings. The second-order valence-corrected chi connectivity index (χ2v) is 7.32. The van der Waals surface area contributed by atoms with Gasteiger partial charge in [-0.2, -0.15) is 0 Å². The van der Waals surface area contributed by atoms with E-state index in [0.29, 0.717) is 27.4 Å². The van der Waals surface area contributed by atoms with Crippen molar-refractivity contribution in [3.05, 3.63) is 27.2 Å². The average molecular weight is 401 g/mol. The van der Waals surface area contributed by atoms with Crippen LogP contribution in [0, 0.1) is 5.41 Å². The highest BCUT2D eigenvalue weighted by Crippen LogP contribution is 2.39. The largest absolute Gasteiger partial charge is 0.491 e. The van der Waals surface area contributed by atoms with E-state index in [9.17, 15) is 0 Å². The van der Waals surface area contributed by atoms with Crippen molar-refractivity contribution in [2.24, 2.45) is 5.41 Å². The Kier molecular flexibility index (Phi) is 6.34. The molecule has 0 heterocycles. The monoisotopic (exact) mass is 398 g/mol. The average Bonchev–Trinajstić information content (AvgIpc) is 2.67. The van der Waals surface area contributed by atoms with Crippen molar-refractivity contribution in [3.8, 4) is 5.75 Å². The highest BCUT2D eigenvalue weighted by Gasteiger charge is 2.31. The van der Waals surface area contributed by atoms with Crippen molar-refractivity contribution in [2.45, 2.75) is 38.5 Å². The molecule has 0 aromatic heterocycles. The minimum atomic E-state index is 0.200. The molecule has 5 heteroatoms. The normalized spacial score (nSPS) is 18.6. The standard InChI is InChI=1S/C15H18BrCl3O/c16-9-15(5-3-1-2-4-6-15)10-20-14-8-12(18)11(17)7-13(14)19/h7-8H,1-6,9-10H2. The van der Waals surface area contributed by atoms with Gasteiger partial charge in [-0.15, -0.1) is 0 Å². The molecule has 0 atom stereocenters. The molecule has 1 aliphatic carbocycles. The Morgan fingerprint density at radius 1 is 0.950 bits per heavy atom. The Morgan fingerprint density at radius 3 is 2.15 bits per heavy atom. The van der Waals surface area contributed by atoms with Crippen molar-refractivity contribution in [1.82, 2.24) is 0 Å². The third-order valence-electron chi connectivity index (χ3n) is 3.96. The van der Waals surface area contributed by atoms with E-state index in [4.69, 9.17) is 39.5 Å². The minimum absolute atomic E-state index is 0.200. The Morgan fingerprint density at radius 2 is 1.55 bits per heavy atom. The zero-order valence-electron chi connectivity index (χ0n) is 11.2. The van der Waals surface area contributed by atoms with E-state index >= 15 is 0 Å². The summed E-state index contributed by atoms with van der Waals surface area (Å²) < 4.78 is 5.96. The van der Waals surface area contributed by atoms with Gasteiger partial charge in [-0.1, -0.05) is 76.4 Å². The van der Waals surface area contributed by atoms with Crippen molar-refractivity contribution in [1.29, 1.82) is 0 Å². The van der Waals surface area contributed by atoms with Gasteiger partial charge in [-0.05, 0) is 18.9 Å². The topological polar surface area (TPSA) is 9.23 Å². The third kappa shape index (κ3) is 4.19. The fourth-order valence-electron chi connectivity index (χ4n) is 2.64. The molecule has 0 unspecified atom stereocenters. The maximum Gasteiger partial charge on any atom is 0.139 e. The van der Waals surface area contributed by atoms with Crippen LogP contribution in [0.2, 0.25) is 15.1 Å². The Labute approximate surface area is 144 Å². The number of ether oxygens (including phenoxy) is 1. The maximum atomic E-state index is 6.16. The smallest absolute Gasteiger partial charge is 0.139 e. The predicted octanol–water partition coefficient (Wildman–Crippen LogP) is 6.76. The van der Waals surface area contributed by atoms with Gasteiger partial charge in [0.15, 0.2) is 0 Å². The summed E-state index contributed by atoms with van der Waals surface area (Å²) in [5.41, 5.74) is 0.200. The molecular weight excluding hydrogens is 382 g/mol. The van der Waals surface area contributed by atoms with Crippen LogP contribution in [-0.2, 0) is 0 Å². The van der Waals surface area contributed by atoms with Gasteiger partial charge < -0.3 is 4.74 Å². The number of hydrogen-bond acceptors (Lipinski definition) is 1. The zero-order valence-corrected chi connectivity index (χ0v) is 15.1. The van der Waals surface area contributed by atoms with Crippen LogP contribution in [0.15, 0.2) is 12.1 Å². The molecule has 0 saturated heterocycles. The van der Waals surface area contributed by atoms with Crippen molar-refractivity contribution < 1.29 is 4.74 Å². The summed E-state index contributed by atoms with van der Waals surface area (Å²) in [6.45, 7) is 0.663. The van der Waals surface area contributed by atoms with Gasteiger partial charge in [0.2, 0.25) is 0 Å². The van der Waals surface area contributed by atoms with Crippen LogP contribution < -0.4 is 4.74 Å². The van der Waals surface area contributed by atoms with E-state index < -0.39 is 0 Å². The first-order chi connectivity index (χ1) is 9.56. The number of alkyl halides is 1. The molecule has 2 rings (SSSR count). The SMILES string of the molecule is Clc1cc(Cl)c(OCC2(CBr)CCCCCC2)cc1Cl. The minimum Gasteiger partial charge on any atom is -0.491 e. The lowest BCUT2D eigenvalue weighted by Crippen LogP contribution is -2.30. The molecule has 0 bridgehead atoms. The first-order valence-corrected chi connectivity index (χ1v) is 9.15. The molecule has 112 valence electrons. The summed E-state index contributed by atoms with van der Waals surface area (Å²) in [7, 11) is 0. The van der Waals surface area contributed by atoms with Crippen LogP contribution in [-0.4, -0.2) is 11.9 Å². The molecule has 1 nitrogen and oxygen atoms in total. The van der Waals surface area contributed by atoms with Crippen LogP contribution in [0.5, 0.6) is 5.75 Å². The van der Waals surface area contributed by atoms with Gasteiger partial charge in [0.1, 0.15) is 5.75 Å². The number of benzene rings is 1. The summed E-state index contributed by atoms with van der Waals surface area (Å²) in [5.74, 6) is 0.616. The predicted molar refractivity (Wildman–Crippen MR) is 90.9 cm³/mol. The molecule has 1 aromatic carbocycles. The molecule has 1 fully saturated rings. The second-order valence-electron chi connectivity index (χ2n) is 5.53. The molecule has 1 saturated carbocycles. The van der Waals surface area contributed by atoms with Gasteiger partial charge >= 0.3 is 0 Å². The summed E-state index contributed by atoms with van der Waals surface area (Å²) >= 11 is 21.8. The Balaban J connectivity index is 2.08. The lowest BCUT2D eigenvalue weighted by Gasteiger charge is -2.30. The van der Waals surface area contributed by atoms with Gasteiger partial charge in [-0.25, -0.2) is 0 Å². The number of hydrogen-bond donors (Lipinski definition) is 0. The lowest BCUT2D eigenvalue weighted by atomic mass is 9.83. The Hall–Kier alpha value is 0.370. The third-order valence-corrected chi connectivity index (χ3v) is 6.16. The van der Waals surface area contributed by atoms with Crippen molar-refractivity contribution in [2.75, 3.05) is 11.9 Å². The van der Waals surface area contributed by atoms with Crippen LogP contribution >= 0.6 is 50.7 Å². The summed E-state index contributed by atoms with van der Waals surface area (Å²) in [6.07, 6.45) is 7.56. The first kappa shape index (κ1) is 16.7. The van der Waals surface area contributed by atoms with E-state index in [2.05, 4.69) is 15.9 Å². The van der Waals surface area contributed by atoms with E-state index in [1.165, 1.54) is 38.5 Å². The molecule has 0 N–H and O–H groups in total. The molecule has 0 radical (unpaired) electrons. The zero-order chi connectivity index (χ0) is 14.6. The van der Waals surface area contributed by atoms with Gasteiger partial charge in [0.05, 0.1) is 21.7 Å². The summed E-state index contributed by atoms with van der Waals surface area (Å²) in [4.78, 5) is 0. The van der Waals surface area contributed by atoms with Gasteiger partial charge in [-0.3, -0.25) is 0 Å². The van der Waals surface area contributed by atoms with Crippen molar-refractivity contribution >= 4 is 50.7 Å². The first-order valence-electron chi connectivity index (χ1n) is 6.90. The van der Waals surface area contributed by atoms with Gasteiger partial charge in [0, 0.05) is 16.8 Å². The van der Waals surface area contributed by atoms with E-state index in [-0.39, 0.29) is 5.41 Å². The molecule has 20 heavy (non-hydrogen) atoms. The fraction of sp³-hybridized carbons (Fsp3) is 0.600. The molecule has 0 aliphatic heterocycles. The highest BCUT2D eigenvalue weighted by molar-refractivity contribution is 9.09. The van der Waals surface area contributed by atoms with Crippen LogP contribution in [0.3, 0.4) is 0 Å². The van der Waals surface area contributed by atoms with E-state index in [1.54, 1.807) is 12.1 Å². The molecule has 1 aromatic rings. The quantitative estimate of drug-likeness (QED) is 0.308. The molecule has 0 amide bonds. The van der Waals surface area contributed by atoms with Crippen LogP contribution in [0.1, 0.15) is 38.5 Å². The number of halogens is 4. The number of rotatable bonds is 4. The van der Waals surface area contributed by atoms with Gasteiger partial charge in [0.25, 0.3) is 0 Å². The molecule has 0 spiro atoms. The van der Waals surface area contributed by atoms with Crippen LogP contribution in [0.4, 0.5) is 0 Å². The van der Waals surface area contributed by atoms with Crippen molar-refractivity contribution in [3.63, 3.8) is 0 Å². The second kappa shape index (κ2) is 7.58. The van der Waals surface area contributed by atoms with Crippen LogP contribution in [0.25, 0.3) is 0 Å². The van der Waals surface area contributed by atoms with E-state index in [0.717, 1.165) is 5.33 Å². The van der Waals surface area contributed by atoms with E-state index in [1.807, 2.05) is 0 Å². The Bertz CT molecular complexity index is 457. The summed E-state index contributed by atoms with van der Waals surface area (Å²) in [5, 5.41) is 2.39. The fourth-order valence-corrected chi connectivity index (χ4v) is 3.95. The lowest BCUT2D eigenvalue weighted by molar-refractivity contribution is 0.149. The molecular formula is C15H18BrCl3O. The highest BCUT2D eigenvalue weighted by atomic mass is 79.9.